The molecule has 0 bridgehead atoms. The third-order valence-corrected chi connectivity index (χ3v) is 6.31. The number of hydrazone groups is 1. The minimum absolute atomic E-state index is 0.0335. The molecule has 0 fully saturated rings. The first-order valence-corrected chi connectivity index (χ1v) is 11.3. The van der Waals surface area contributed by atoms with Gasteiger partial charge < -0.3 is 9.47 Å². The first-order chi connectivity index (χ1) is 16.9. The highest BCUT2D eigenvalue weighted by molar-refractivity contribution is 7.21. The normalized spacial score (nSPS) is 10.9. The molecule has 0 saturated heterocycles. The lowest BCUT2D eigenvalue weighted by molar-refractivity contribution is -0.385. The number of nitrogens with zero attached hydrogens (tertiary/aromatic N) is 2. The van der Waals surface area contributed by atoms with E-state index in [-0.39, 0.29) is 22.1 Å². The third kappa shape index (κ3) is 5.62. The lowest BCUT2D eigenvalue weighted by Gasteiger charge is -2.07. The number of esters is 1. The molecule has 35 heavy (non-hydrogen) atoms. The van der Waals surface area contributed by atoms with E-state index in [2.05, 4.69) is 10.5 Å². The SMILES string of the molecule is O=C(COc1ccccc1[N+](=O)[O-])N/N=C/c1ccccc1OC(=O)c1sc2ccccc2c1Cl. The summed E-state index contributed by atoms with van der Waals surface area (Å²) in [6.07, 6.45) is 1.30. The van der Waals surface area contributed by atoms with Crippen molar-refractivity contribution >= 4 is 56.8 Å². The Kier molecular flexibility index (Phi) is 7.34. The van der Waals surface area contributed by atoms with Crippen molar-refractivity contribution in [1.82, 2.24) is 5.43 Å². The number of fused-ring (bicyclic) bond motifs is 1. The smallest absolute Gasteiger partial charge is 0.355 e. The number of nitro benzene ring substituents is 1. The van der Waals surface area contributed by atoms with E-state index in [0.29, 0.717) is 10.6 Å². The predicted molar refractivity (Wildman–Crippen MR) is 133 cm³/mol. The Hall–Kier alpha value is -4.28. The minimum atomic E-state index is -0.633. The second kappa shape index (κ2) is 10.8. The van der Waals surface area contributed by atoms with Gasteiger partial charge in [0.15, 0.2) is 12.4 Å². The monoisotopic (exact) mass is 509 g/mol. The van der Waals surface area contributed by atoms with Gasteiger partial charge in [0.2, 0.25) is 0 Å². The van der Waals surface area contributed by atoms with Crippen LogP contribution < -0.4 is 14.9 Å². The van der Waals surface area contributed by atoms with E-state index in [0.717, 1.165) is 10.1 Å². The van der Waals surface area contributed by atoms with E-state index in [1.54, 1.807) is 30.3 Å². The van der Waals surface area contributed by atoms with Crippen LogP contribution in [0.4, 0.5) is 5.69 Å². The van der Waals surface area contributed by atoms with Crippen LogP contribution in [0.15, 0.2) is 77.9 Å². The van der Waals surface area contributed by atoms with Gasteiger partial charge in [-0.2, -0.15) is 5.10 Å². The van der Waals surface area contributed by atoms with Crippen LogP contribution >= 0.6 is 22.9 Å². The van der Waals surface area contributed by atoms with Crippen LogP contribution in [0.25, 0.3) is 10.1 Å². The average Bonchev–Trinajstić information content (AvgIpc) is 3.20. The highest BCUT2D eigenvalue weighted by Gasteiger charge is 2.20. The Morgan fingerprint density at radius 3 is 2.49 bits per heavy atom. The Morgan fingerprint density at radius 1 is 1.03 bits per heavy atom. The average molecular weight is 510 g/mol. The maximum Gasteiger partial charge on any atom is 0.355 e. The van der Waals surface area contributed by atoms with Crippen molar-refractivity contribution in [3.8, 4) is 11.5 Å². The van der Waals surface area contributed by atoms with E-state index >= 15 is 0 Å². The molecule has 4 rings (SSSR count). The molecular weight excluding hydrogens is 494 g/mol. The molecule has 176 valence electrons. The quantitative estimate of drug-likeness (QED) is 0.114. The molecule has 4 aromatic rings. The van der Waals surface area contributed by atoms with Crippen LogP contribution in [0.5, 0.6) is 11.5 Å². The number of ether oxygens (including phenoxy) is 2. The zero-order valence-electron chi connectivity index (χ0n) is 17.8. The first-order valence-electron chi connectivity index (χ1n) is 10.1. The van der Waals surface area contributed by atoms with Gasteiger partial charge in [0, 0.05) is 21.7 Å². The topological polar surface area (TPSA) is 120 Å². The Morgan fingerprint density at radius 2 is 1.71 bits per heavy atom. The van der Waals surface area contributed by atoms with Crippen molar-refractivity contribution in [3.63, 3.8) is 0 Å². The van der Waals surface area contributed by atoms with Crippen molar-refractivity contribution in [2.24, 2.45) is 5.10 Å². The van der Waals surface area contributed by atoms with E-state index in [4.69, 9.17) is 21.1 Å². The van der Waals surface area contributed by atoms with Gasteiger partial charge in [0.25, 0.3) is 5.91 Å². The number of nitrogens with one attached hydrogen (secondary N) is 1. The lowest BCUT2D eigenvalue weighted by Crippen LogP contribution is -2.24. The lowest BCUT2D eigenvalue weighted by atomic mass is 10.2. The molecule has 0 saturated carbocycles. The molecule has 3 aromatic carbocycles. The number of halogens is 1. The van der Waals surface area contributed by atoms with Gasteiger partial charge in [-0.15, -0.1) is 11.3 Å². The molecule has 1 amide bonds. The van der Waals surface area contributed by atoms with Crippen LogP contribution in [-0.4, -0.2) is 29.6 Å². The minimum Gasteiger partial charge on any atom is -0.477 e. The van der Waals surface area contributed by atoms with Crippen molar-refractivity contribution in [1.29, 1.82) is 0 Å². The fourth-order valence-corrected chi connectivity index (χ4v) is 4.44. The van der Waals surface area contributed by atoms with E-state index in [1.807, 2.05) is 24.3 Å². The fraction of sp³-hybridized carbons (Fsp3) is 0.0417. The van der Waals surface area contributed by atoms with Crippen LogP contribution in [0.1, 0.15) is 15.2 Å². The summed E-state index contributed by atoms with van der Waals surface area (Å²) in [6.45, 7) is -0.483. The maximum absolute atomic E-state index is 12.8. The number of amides is 1. The molecule has 0 aliphatic carbocycles. The number of hydrogen-bond acceptors (Lipinski definition) is 8. The summed E-state index contributed by atoms with van der Waals surface area (Å²) in [6, 6.07) is 19.7. The summed E-state index contributed by atoms with van der Waals surface area (Å²) in [5.74, 6) is -1.06. The molecule has 1 N–H and O–H groups in total. The Balaban J connectivity index is 1.39. The van der Waals surface area contributed by atoms with Gasteiger partial charge >= 0.3 is 11.7 Å². The van der Waals surface area contributed by atoms with Crippen molar-refractivity contribution < 1.29 is 24.0 Å². The highest BCUT2D eigenvalue weighted by Crippen LogP contribution is 2.36. The summed E-state index contributed by atoms with van der Waals surface area (Å²) < 4.78 is 11.6. The van der Waals surface area contributed by atoms with Crippen molar-refractivity contribution in [2.45, 2.75) is 0 Å². The van der Waals surface area contributed by atoms with Crippen LogP contribution in [0.2, 0.25) is 5.02 Å². The zero-order valence-corrected chi connectivity index (χ0v) is 19.4. The second-order valence-corrected chi connectivity index (χ2v) is 8.41. The number of benzene rings is 3. The molecule has 9 nitrogen and oxygen atoms in total. The summed E-state index contributed by atoms with van der Waals surface area (Å²) in [7, 11) is 0. The van der Waals surface area contributed by atoms with Gasteiger partial charge in [-0.05, 0) is 24.3 Å². The van der Waals surface area contributed by atoms with Gasteiger partial charge in [-0.25, -0.2) is 10.2 Å². The van der Waals surface area contributed by atoms with Crippen molar-refractivity contribution in [2.75, 3.05) is 6.61 Å². The van der Waals surface area contributed by atoms with E-state index < -0.39 is 23.4 Å². The number of thiophene rings is 1. The molecule has 1 heterocycles. The van der Waals surface area contributed by atoms with Gasteiger partial charge in [-0.3, -0.25) is 14.9 Å². The number of carbonyl (C=O) groups is 2. The first kappa shape index (κ1) is 23.9. The number of para-hydroxylation sites is 3. The fourth-order valence-electron chi connectivity index (χ4n) is 3.05. The summed E-state index contributed by atoms with van der Waals surface area (Å²) >= 11 is 7.60. The molecule has 0 spiro atoms. The van der Waals surface area contributed by atoms with Crippen LogP contribution in [-0.2, 0) is 4.79 Å². The standard InChI is InChI=1S/C24H16ClN3O6S/c25-22-16-8-2-6-12-20(16)35-23(22)24(30)34-18-10-4-1-7-15(18)13-26-27-21(29)14-33-19-11-5-3-9-17(19)28(31)32/h1-13H,14H2,(H,27,29)/b26-13+. The number of nitro groups is 1. The Labute approximate surface area is 207 Å². The van der Waals surface area contributed by atoms with Crippen molar-refractivity contribution in [3.05, 3.63) is 98.4 Å². The van der Waals surface area contributed by atoms with Gasteiger partial charge in [-0.1, -0.05) is 54.1 Å². The number of carbonyl (C=O) groups excluding carboxylic acids is 2. The Bertz CT molecular complexity index is 1450. The number of rotatable bonds is 8. The highest BCUT2D eigenvalue weighted by atomic mass is 35.5. The van der Waals surface area contributed by atoms with E-state index in [9.17, 15) is 19.7 Å². The molecule has 0 radical (unpaired) electrons. The maximum atomic E-state index is 12.8. The molecule has 0 aliphatic heterocycles. The third-order valence-electron chi connectivity index (χ3n) is 4.66. The summed E-state index contributed by atoms with van der Waals surface area (Å²) in [4.78, 5) is 35.5. The molecule has 11 heteroatoms. The van der Waals surface area contributed by atoms with Crippen LogP contribution in [0.3, 0.4) is 0 Å². The molecule has 0 unspecified atom stereocenters. The second-order valence-electron chi connectivity index (χ2n) is 6.98. The molecular formula is C24H16ClN3O6S. The molecule has 0 aliphatic rings. The number of hydrogen-bond donors (Lipinski definition) is 1. The van der Waals surface area contributed by atoms with Gasteiger partial charge in [0.1, 0.15) is 10.6 Å². The molecule has 0 atom stereocenters. The van der Waals surface area contributed by atoms with Gasteiger partial charge in [0.05, 0.1) is 16.2 Å². The summed E-state index contributed by atoms with van der Waals surface area (Å²) in [5.41, 5.74) is 2.44. The van der Waals surface area contributed by atoms with Crippen LogP contribution in [0, 0.1) is 10.1 Å². The zero-order chi connectivity index (χ0) is 24.8. The predicted octanol–water partition coefficient (Wildman–Crippen LogP) is 5.21. The molecule has 1 aromatic heterocycles. The largest absolute Gasteiger partial charge is 0.477 e. The summed E-state index contributed by atoms with van der Waals surface area (Å²) in [5, 5.41) is 16.0. The van der Waals surface area contributed by atoms with E-state index in [1.165, 1.54) is 35.8 Å².